The van der Waals surface area contributed by atoms with Crippen LogP contribution < -0.4 is 5.73 Å². The summed E-state index contributed by atoms with van der Waals surface area (Å²) in [7, 11) is 0. The van der Waals surface area contributed by atoms with Crippen molar-refractivity contribution in [1.29, 1.82) is 0 Å². The summed E-state index contributed by atoms with van der Waals surface area (Å²) in [6, 6.07) is 1.97. The second-order valence-corrected chi connectivity index (χ2v) is 2.37. The fraction of sp³-hybridized carbons (Fsp3) is 0.222. The highest BCUT2D eigenvalue weighted by molar-refractivity contribution is 5.52. The van der Waals surface area contributed by atoms with Gasteiger partial charge in [0.2, 0.25) is 0 Å². The molecule has 2 nitrogen and oxygen atoms in total. The Morgan fingerprint density at radius 1 is 1.64 bits per heavy atom. The highest BCUT2D eigenvalue weighted by atomic mass is 14.6. The molecule has 0 bridgehead atoms. The Balaban J connectivity index is 2.86. The molecular formula is C9H12N2. The molecular weight excluding hydrogens is 136 g/mol. The van der Waals surface area contributed by atoms with Crippen LogP contribution in [0.25, 0.3) is 6.08 Å². The Hall–Kier alpha value is -1.15. The minimum absolute atomic E-state index is 0.585. The number of hydrogen-bond acceptors (Lipinski definition) is 2. The highest BCUT2D eigenvalue weighted by Gasteiger charge is 1.89. The summed E-state index contributed by atoms with van der Waals surface area (Å²) in [5, 5.41) is 0. The number of nitrogens with zero attached hydrogens (tertiary/aromatic N) is 1. The third kappa shape index (κ3) is 2.16. The Morgan fingerprint density at radius 3 is 3.09 bits per heavy atom. The molecule has 2 heteroatoms. The van der Waals surface area contributed by atoms with Gasteiger partial charge in [-0.25, -0.2) is 0 Å². The van der Waals surface area contributed by atoms with E-state index in [2.05, 4.69) is 4.98 Å². The van der Waals surface area contributed by atoms with Gasteiger partial charge in [0, 0.05) is 18.9 Å². The lowest BCUT2D eigenvalue weighted by Crippen LogP contribution is -1.92. The molecule has 0 aliphatic rings. The summed E-state index contributed by atoms with van der Waals surface area (Å²) >= 11 is 0. The molecule has 0 radical (unpaired) electrons. The van der Waals surface area contributed by atoms with Crippen molar-refractivity contribution in [3.8, 4) is 0 Å². The van der Waals surface area contributed by atoms with Crippen LogP contribution in [0.2, 0.25) is 0 Å². The van der Waals surface area contributed by atoms with Gasteiger partial charge in [-0.05, 0) is 24.1 Å². The molecule has 0 saturated heterocycles. The summed E-state index contributed by atoms with van der Waals surface area (Å²) < 4.78 is 0. The molecule has 11 heavy (non-hydrogen) atoms. The summed E-state index contributed by atoms with van der Waals surface area (Å²) in [5.74, 6) is 0. The van der Waals surface area contributed by atoms with Crippen LogP contribution in [-0.2, 0) is 0 Å². The molecule has 0 atom stereocenters. The van der Waals surface area contributed by atoms with E-state index in [-0.39, 0.29) is 0 Å². The average molecular weight is 148 g/mol. The lowest BCUT2D eigenvalue weighted by atomic mass is 10.1. The summed E-state index contributed by atoms with van der Waals surface area (Å²) in [5.41, 5.74) is 7.69. The SMILES string of the molecule is Cc1cnccc1/C=C/CN. The van der Waals surface area contributed by atoms with Crippen molar-refractivity contribution in [2.75, 3.05) is 6.54 Å². The van der Waals surface area contributed by atoms with E-state index < -0.39 is 0 Å². The van der Waals surface area contributed by atoms with E-state index in [1.807, 2.05) is 31.3 Å². The van der Waals surface area contributed by atoms with E-state index in [0.29, 0.717) is 6.54 Å². The number of aryl methyl sites for hydroxylation is 1. The molecule has 1 rings (SSSR count). The second kappa shape index (κ2) is 3.88. The van der Waals surface area contributed by atoms with Crippen LogP contribution in [0, 0.1) is 6.92 Å². The lowest BCUT2D eigenvalue weighted by molar-refractivity contribution is 1.24. The van der Waals surface area contributed by atoms with Gasteiger partial charge in [-0.1, -0.05) is 12.2 Å². The van der Waals surface area contributed by atoms with Crippen LogP contribution in [0.4, 0.5) is 0 Å². The van der Waals surface area contributed by atoms with Crippen LogP contribution in [0.15, 0.2) is 24.5 Å². The molecule has 0 aromatic carbocycles. The van der Waals surface area contributed by atoms with Crippen molar-refractivity contribution < 1.29 is 0 Å². The zero-order valence-corrected chi connectivity index (χ0v) is 6.62. The van der Waals surface area contributed by atoms with Gasteiger partial charge >= 0.3 is 0 Å². The summed E-state index contributed by atoms with van der Waals surface area (Å²) in [6.45, 7) is 2.62. The van der Waals surface area contributed by atoms with Gasteiger partial charge in [0.15, 0.2) is 0 Å². The quantitative estimate of drug-likeness (QED) is 0.687. The molecule has 1 aromatic heterocycles. The molecule has 0 aliphatic carbocycles. The molecule has 0 aliphatic heterocycles. The largest absolute Gasteiger partial charge is 0.327 e. The second-order valence-electron chi connectivity index (χ2n) is 2.37. The van der Waals surface area contributed by atoms with E-state index in [9.17, 15) is 0 Å². The van der Waals surface area contributed by atoms with Crippen LogP contribution in [-0.4, -0.2) is 11.5 Å². The van der Waals surface area contributed by atoms with Gasteiger partial charge in [-0.15, -0.1) is 0 Å². The van der Waals surface area contributed by atoms with Gasteiger partial charge in [0.1, 0.15) is 0 Å². The minimum atomic E-state index is 0.585. The molecule has 1 aromatic rings. The Kier molecular flexibility index (Phi) is 2.81. The first-order chi connectivity index (χ1) is 5.34. The number of rotatable bonds is 2. The first-order valence-corrected chi connectivity index (χ1v) is 3.62. The van der Waals surface area contributed by atoms with Crippen LogP contribution >= 0.6 is 0 Å². The highest BCUT2D eigenvalue weighted by Crippen LogP contribution is 2.06. The van der Waals surface area contributed by atoms with Crippen molar-refractivity contribution >= 4 is 6.08 Å². The fourth-order valence-corrected chi connectivity index (χ4v) is 0.866. The summed E-state index contributed by atoms with van der Waals surface area (Å²) in [4.78, 5) is 3.99. The number of aromatic nitrogens is 1. The fourth-order valence-electron chi connectivity index (χ4n) is 0.866. The minimum Gasteiger partial charge on any atom is -0.327 e. The average Bonchev–Trinajstić information content (AvgIpc) is 2.03. The molecule has 0 saturated carbocycles. The topological polar surface area (TPSA) is 38.9 Å². The monoisotopic (exact) mass is 148 g/mol. The molecule has 0 spiro atoms. The number of pyridine rings is 1. The predicted octanol–water partition coefficient (Wildman–Crippen LogP) is 1.36. The van der Waals surface area contributed by atoms with E-state index in [1.54, 1.807) is 6.20 Å². The molecule has 2 N–H and O–H groups in total. The van der Waals surface area contributed by atoms with Gasteiger partial charge in [0.25, 0.3) is 0 Å². The van der Waals surface area contributed by atoms with Crippen LogP contribution in [0.1, 0.15) is 11.1 Å². The normalized spacial score (nSPS) is 10.7. The molecule has 1 heterocycles. The number of nitrogens with two attached hydrogens (primary N) is 1. The smallest absolute Gasteiger partial charge is 0.0303 e. The Morgan fingerprint density at radius 2 is 2.45 bits per heavy atom. The van der Waals surface area contributed by atoms with Gasteiger partial charge in [0.05, 0.1) is 0 Å². The van der Waals surface area contributed by atoms with Crippen molar-refractivity contribution in [3.05, 3.63) is 35.7 Å². The first-order valence-electron chi connectivity index (χ1n) is 3.62. The van der Waals surface area contributed by atoms with Crippen molar-refractivity contribution in [2.24, 2.45) is 5.73 Å². The lowest BCUT2D eigenvalue weighted by Gasteiger charge is -1.96. The van der Waals surface area contributed by atoms with Gasteiger partial charge < -0.3 is 5.73 Å². The van der Waals surface area contributed by atoms with E-state index in [1.165, 1.54) is 11.1 Å². The third-order valence-corrected chi connectivity index (χ3v) is 1.50. The molecule has 58 valence electrons. The van der Waals surface area contributed by atoms with Crippen molar-refractivity contribution in [2.45, 2.75) is 6.92 Å². The maximum Gasteiger partial charge on any atom is 0.0303 e. The van der Waals surface area contributed by atoms with Crippen LogP contribution in [0.5, 0.6) is 0 Å². The molecule has 0 unspecified atom stereocenters. The van der Waals surface area contributed by atoms with Crippen molar-refractivity contribution in [3.63, 3.8) is 0 Å². The van der Waals surface area contributed by atoms with Gasteiger partial charge in [-0.3, -0.25) is 4.98 Å². The number of hydrogen-bond donors (Lipinski definition) is 1. The Labute approximate surface area is 66.8 Å². The Bertz CT molecular complexity index is 253. The first kappa shape index (κ1) is 7.95. The van der Waals surface area contributed by atoms with E-state index >= 15 is 0 Å². The molecule has 0 fully saturated rings. The maximum absolute atomic E-state index is 5.32. The van der Waals surface area contributed by atoms with Crippen LogP contribution in [0.3, 0.4) is 0 Å². The maximum atomic E-state index is 5.32. The van der Waals surface area contributed by atoms with Gasteiger partial charge in [-0.2, -0.15) is 0 Å². The zero-order valence-electron chi connectivity index (χ0n) is 6.62. The standard InChI is InChI=1S/C9H12N2/c1-8-7-11-6-4-9(8)3-2-5-10/h2-4,6-7H,5,10H2,1H3/b3-2+. The molecule has 0 amide bonds. The summed E-state index contributed by atoms with van der Waals surface area (Å²) in [6.07, 6.45) is 7.57. The third-order valence-electron chi connectivity index (χ3n) is 1.50. The van der Waals surface area contributed by atoms with E-state index in [4.69, 9.17) is 5.73 Å². The zero-order chi connectivity index (χ0) is 8.10. The van der Waals surface area contributed by atoms with Crippen molar-refractivity contribution in [1.82, 2.24) is 4.98 Å². The predicted molar refractivity (Wildman–Crippen MR) is 47.1 cm³/mol. The van der Waals surface area contributed by atoms with E-state index in [0.717, 1.165) is 0 Å².